The van der Waals surface area contributed by atoms with Crippen molar-refractivity contribution >= 4 is 10.3 Å². The predicted octanol–water partition coefficient (Wildman–Crippen LogP) is 0.813. The van der Waals surface area contributed by atoms with Gasteiger partial charge in [0.15, 0.2) is 0 Å². The van der Waals surface area contributed by atoms with Crippen molar-refractivity contribution < 1.29 is 13.0 Å². The molecule has 0 aliphatic rings. The Morgan fingerprint density at radius 3 is 2.00 bits per heavy atom. The van der Waals surface area contributed by atoms with Crippen LogP contribution in [0.15, 0.2) is 0 Å². The minimum Gasteiger partial charge on any atom is -0.273 e. The van der Waals surface area contributed by atoms with Crippen LogP contribution in [0, 0.1) is 5.92 Å². The lowest BCUT2D eigenvalue weighted by Gasteiger charge is -2.17. The molecular weight excluding hydrogens is 166 g/mol. The third-order valence-electron chi connectivity index (χ3n) is 1.54. The van der Waals surface area contributed by atoms with Gasteiger partial charge in [0.25, 0.3) is 0 Å². The third kappa shape index (κ3) is 5.17. The molecule has 1 unspecified atom stereocenters. The Bertz CT molecular complexity index is 198. The Balaban J connectivity index is 4.10. The Morgan fingerprint density at radius 1 is 1.45 bits per heavy atom. The average Bonchev–Trinajstić information content (AvgIpc) is 1.80. The molecule has 0 aromatic rings. The molecule has 11 heavy (non-hydrogen) atoms. The van der Waals surface area contributed by atoms with Crippen molar-refractivity contribution in [3.63, 3.8) is 0 Å². The van der Waals surface area contributed by atoms with Gasteiger partial charge >= 0.3 is 10.3 Å². The van der Waals surface area contributed by atoms with Crippen molar-refractivity contribution in [2.45, 2.75) is 33.2 Å². The Labute approximate surface area is 67.9 Å². The van der Waals surface area contributed by atoms with Gasteiger partial charge in [-0.3, -0.25) is 4.55 Å². The lowest BCUT2D eigenvalue weighted by Crippen LogP contribution is -2.37. The van der Waals surface area contributed by atoms with Crippen LogP contribution >= 0.6 is 0 Å². The number of hydrogen-bond acceptors (Lipinski definition) is 2. The molecule has 4 nitrogen and oxygen atoms in total. The van der Waals surface area contributed by atoms with Gasteiger partial charge in [-0.2, -0.15) is 13.1 Å². The van der Waals surface area contributed by atoms with Gasteiger partial charge in [-0.25, -0.2) is 0 Å². The van der Waals surface area contributed by atoms with Gasteiger partial charge in [-0.05, 0) is 12.3 Å². The summed E-state index contributed by atoms with van der Waals surface area (Å²) in [6.07, 6.45) is 0.678. The largest absolute Gasteiger partial charge is 0.333 e. The van der Waals surface area contributed by atoms with Crippen molar-refractivity contribution in [2.75, 3.05) is 0 Å². The van der Waals surface area contributed by atoms with Crippen LogP contribution in [0.5, 0.6) is 0 Å². The van der Waals surface area contributed by atoms with E-state index in [1.165, 1.54) is 0 Å². The summed E-state index contributed by atoms with van der Waals surface area (Å²) >= 11 is 0. The highest BCUT2D eigenvalue weighted by Gasteiger charge is 2.15. The summed E-state index contributed by atoms with van der Waals surface area (Å²) < 4.78 is 31.3. The van der Waals surface area contributed by atoms with E-state index in [-0.39, 0.29) is 12.0 Å². The molecule has 2 N–H and O–H groups in total. The zero-order valence-corrected chi connectivity index (χ0v) is 7.85. The summed E-state index contributed by atoms with van der Waals surface area (Å²) in [6.45, 7) is 5.65. The maximum atomic E-state index is 10.3. The standard InChI is InChI=1S/C6H15NO3S/c1-4-6(5(2)3)7-11(8,9)10/h5-7H,4H2,1-3H3,(H,8,9,10). The van der Waals surface area contributed by atoms with Crippen LogP contribution in [-0.4, -0.2) is 19.0 Å². The van der Waals surface area contributed by atoms with Crippen LogP contribution in [0.1, 0.15) is 27.2 Å². The molecule has 0 aliphatic heterocycles. The zero-order valence-electron chi connectivity index (χ0n) is 7.03. The minimum atomic E-state index is -4.03. The number of nitrogens with one attached hydrogen (secondary N) is 1. The molecule has 0 radical (unpaired) electrons. The first-order valence-corrected chi connectivity index (χ1v) is 5.05. The molecule has 5 heteroatoms. The van der Waals surface area contributed by atoms with E-state index in [1.807, 2.05) is 20.8 Å². The quantitative estimate of drug-likeness (QED) is 0.631. The highest BCUT2D eigenvalue weighted by atomic mass is 32.2. The van der Waals surface area contributed by atoms with Crippen LogP contribution in [0.4, 0.5) is 0 Å². The van der Waals surface area contributed by atoms with E-state index in [2.05, 4.69) is 4.72 Å². The summed E-state index contributed by atoms with van der Waals surface area (Å²) in [6, 6.07) is -0.176. The van der Waals surface area contributed by atoms with Crippen molar-refractivity contribution in [2.24, 2.45) is 5.92 Å². The van der Waals surface area contributed by atoms with Crippen molar-refractivity contribution in [3.05, 3.63) is 0 Å². The van der Waals surface area contributed by atoms with E-state index in [0.29, 0.717) is 6.42 Å². The SMILES string of the molecule is CCC(NS(=O)(=O)O)C(C)C. The fourth-order valence-corrected chi connectivity index (χ4v) is 1.70. The highest BCUT2D eigenvalue weighted by Crippen LogP contribution is 2.05. The summed E-state index contributed by atoms with van der Waals surface area (Å²) in [5.74, 6) is 0.196. The van der Waals surface area contributed by atoms with E-state index in [4.69, 9.17) is 4.55 Å². The predicted molar refractivity (Wildman–Crippen MR) is 43.6 cm³/mol. The summed E-state index contributed by atoms with van der Waals surface area (Å²) in [5, 5.41) is 0. The van der Waals surface area contributed by atoms with Gasteiger partial charge in [0.2, 0.25) is 0 Å². The smallest absolute Gasteiger partial charge is 0.273 e. The van der Waals surface area contributed by atoms with Crippen LogP contribution in [-0.2, 0) is 10.3 Å². The molecule has 0 aromatic carbocycles. The monoisotopic (exact) mass is 181 g/mol. The van der Waals surface area contributed by atoms with Crippen LogP contribution in [0.2, 0.25) is 0 Å². The van der Waals surface area contributed by atoms with E-state index < -0.39 is 10.3 Å². The van der Waals surface area contributed by atoms with Crippen molar-refractivity contribution in [1.29, 1.82) is 0 Å². The molecule has 0 amide bonds. The molecular formula is C6H15NO3S. The minimum absolute atomic E-state index is 0.176. The molecule has 0 aliphatic carbocycles. The number of hydrogen-bond donors (Lipinski definition) is 2. The van der Waals surface area contributed by atoms with Gasteiger partial charge < -0.3 is 0 Å². The lowest BCUT2D eigenvalue weighted by atomic mass is 10.0. The average molecular weight is 181 g/mol. The Hall–Kier alpha value is -0.130. The summed E-state index contributed by atoms with van der Waals surface area (Å²) in [7, 11) is -4.03. The molecule has 0 fully saturated rings. The Kier molecular flexibility index (Phi) is 3.99. The Morgan fingerprint density at radius 2 is 1.91 bits per heavy atom. The first kappa shape index (κ1) is 10.9. The zero-order chi connectivity index (χ0) is 9.07. The second-order valence-electron chi connectivity index (χ2n) is 2.85. The molecule has 68 valence electrons. The van der Waals surface area contributed by atoms with Crippen molar-refractivity contribution in [3.8, 4) is 0 Å². The maximum absolute atomic E-state index is 10.3. The molecule has 0 saturated carbocycles. The topological polar surface area (TPSA) is 66.4 Å². The molecule has 0 spiro atoms. The maximum Gasteiger partial charge on any atom is 0.333 e. The van der Waals surface area contributed by atoms with Crippen LogP contribution in [0.3, 0.4) is 0 Å². The molecule has 0 rings (SSSR count). The van der Waals surface area contributed by atoms with Gasteiger partial charge in [0.1, 0.15) is 0 Å². The lowest BCUT2D eigenvalue weighted by molar-refractivity contribution is 0.402. The fraction of sp³-hybridized carbons (Fsp3) is 1.00. The van der Waals surface area contributed by atoms with Gasteiger partial charge in [0.05, 0.1) is 0 Å². The number of rotatable bonds is 4. The van der Waals surface area contributed by atoms with Gasteiger partial charge in [-0.15, -0.1) is 0 Å². The first-order valence-electron chi connectivity index (χ1n) is 3.61. The van der Waals surface area contributed by atoms with Crippen molar-refractivity contribution in [1.82, 2.24) is 4.72 Å². The molecule has 1 atom stereocenters. The first-order chi connectivity index (χ1) is 4.87. The van der Waals surface area contributed by atoms with Crippen LogP contribution in [0.25, 0.3) is 0 Å². The van der Waals surface area contributed by atoms with Crippen LogP contribution < -0.4 is 4.72 Å². The summed E-state index contributed by atoms with van der Waals surface area (Å²) in [5.41, 5.74) is 0. The molecule has 0 saturated heterocycles. The summed E-state index contributed by atoms with van der Waals surface area (Å²) in [4.78, 5) is 0. The van der Waals surface area contributed by atoms with E-state index in [9.17, 15) is 8.42 Å². The molecule has 0 heterocycles. The van der Waals surface area contributed by atoms with E-state index in [1.54, 1.807) is 0 Å². The third-order valence-corrected chi connectivity index (χ3v) is 2.15. The molecule has 0 aromatic heterocycles. The normalized spacial score (nSPS) is 15.4. The second kappa shape index (κ2) is 4.04. The van der Waals surface area contributed by atoms with Gasteiger partial charge in [0, 0.05) is 6.04 Å². The fourth-order valence-electron chi connectivity index (χ4n) is 0.882. The van der Waals surface area contributed by atoms with E-state index >= 15 is 0 Å². The van der Waals surface area contributed by atoms with E-state index in [0.717, 1.165) is 0 Å². The van der Waals surface area contributed by atoms with Gasteiger partial charge in [-0.1, -0.05) is 20.8 Å². The highest BCUT2D eigenvalue weighted by molar-refractivity contribution is 7.83. The second-order valence-corrected chi connectivity index (χ2v) is 4.04. The molecule has 0 bridgehead atoms.